The Bertz CT molecular complexity index is 610. The predicted molar refractivity (Wildman–Crippen MR) is 67.1 cm³/mol. The van der Waals surface area contributed by atoms with Crippen molar-refractivity contribution < 1.29 is 14.0 Å². The second kappa shape index (κ2) is 4.10. The molecule has 0 amide bonds. The Kier molecular flexibility index (Phi) is 2.56. The van der Waals surface area contributed by atoms with Crippen molar-refractivity contribution in [3.05, 3.63) is 22.8 Å². The van der Waals surface area contributed by atoms with E-state index in [1.54, 1.807) is 12.3 Å². The zero-order valence-corrected chi connectivity index (χ0v) is 10.5. The first-order valence-corrected chi connectivity index (χ1v) is 5.85. The number of nitrogens with zero attached hydrogens (tertiary/aromatic N) is 1. The maximum absolute atomic E-state index is 6.19. The second-order valence-electron chi connectivity index (χ2n) is 3.99. The summed E-state index contributed by atoms with van der Waals surface area (Å²) in [5.74, 6) is 1.49. The predicted octanol–water partition coefficient (Wildman–Crippen LogP) is 2.66. The summed E-state index contributed by atoms with van der Waals surface area (Å²) in [5.41, 5.74) is 8.17. The molecule has 18 heavy (non-hydrogen) atoms. The van der Waals surface area contributed by atoms with E-state index in [-0.39, 0.29) is 5.88 Å². The maximum Gasteiger partial charge on any atom is 0.229 e. The van der Waals surface area contributed by atoms with Crippen molar-refractivity contribution >= 4 is 17.5 Å². The fourth-order valence-electron chi connectivity index (χ4n) is 2.03. The summed E-state index contributed by atoms with van der Waals surface area (Å²) in [6.45, 7) is 2.93. The smallest absolute Gasteiger partial charge is 0.229 e. The molecule has 1 aromatic carbocycles. The molecule has 0 aliphatic carbocycles. The Balaban J connectivity index is 2.23. The Hall–Kier alpha value is -1.88. The van der Waals surface area contributed by atoms with Crippen molar-refractivity contribution in [3.63, 3.8) is 0 Å². The highest BCUT2D eigenvalue weighted by Crippen LogP contribution is 2.45. The van der Waals surface area contributed by atoms with Crippen LogP contribution in [0.1, 0.15) is 5.56 Å². The second-order valence-corrected chi connectivity index (χ2v) is 4.40. The molecule has 3 rings (SSSR count). The Morgan fingerprint density at radius 2 is 1.94 bits per heavy atom. The van der Waals surface area contributed by atoms with Gasteiger partial charge in [-0.15, -0.1) is 0 Å². The number of halogens is 1. The van der Waals surface area contributed by atoms with E-state index in [0.717, 1.165) is 11.1 Å². The van der Waals surface area contributed by atoms with Gasteiger partial charge in [0.1, 0.15) is 13.2 Å². The number of rotatable bonds is 1. The van der Waals surface area contributed by atoms with Gasteiger partial charge in [-0.05, 0) is 18.6 Å². The third-order valence-electron chi connectivity index (χ3n) is 2.90. The molecule has 2 aromatic rings. The lowest BCUT2D eigenvalue weighted by Crippen LogP contribution is -2.16. The van der Waals surface area contributed by atoms with E-state index in [1.807, 2.05) is 6.92 Å². The van der Waals surface area contributed by atoms with Gasteiger partial charge in [-0.1, -0.05) is 16.8 Å². The van der Waals surface area contributed by atoms with E-state index in [1.165, 1.54) is 0 Å². The number of hydrogen-bond donors (Lipinski definition) is 1. The molecule has 2 heterocycles. The maximum atomic E-state index is 6.19. The fraction of sp³-hybridized carbons (Fsp3) is 0.250. The number of nitrogen functional groups attached to an aromatic ring is 1. The molecule has 1 aliphatic rings. The molecular formula is C12H11ClN2O3. The van der Waals surface area contributed by atoms with Gasteiger partial charge in [0.25, 0.3) is 0 Å². The number of benzene rings is 1. The normalized spacial score (nSPS) is 13.7. The molecule has 94 valence electrons. The molecule has 2 N–H and O–H groups in total. The highest BCUT2D eigenvalue weighted by atomic mass is 35.5. The minimum absolute atomic E-state index is 0.255. The summed E-state index contributed by atoms with van der Waals surface area (Å²) in [5, 5.41) is 4.16. The van der Waals surface area contributed by atoms with Crippen LogP contribution in [0.25, 0.3) is 11.1 Å². The van der Waals surface area contributed by atoms with Gasteiger partial charge >= 0.3 is 0 Å². The summed E-state index contributed by atoms with van der Waals surface area (Å²) in [6.07, 6.45) is 1.56. The largest absolute Gasteiger partial charge is 0.486 e. The van der Waals surface area contributed by atoms with Crippen LogP contribution < -0.4 is 15.2 Å². The van der Waals surface area contributed by atoms with E-state index < -0.39 is 0 Å². The van der Waals surface area contributed by atoms with Crippen molar-refractivity contribution in [3.8, 4) is 22.6 Å². The van der Waals surface area contributed by atoms with Crippen LogP contribution in [-0.4, -0.2) is 18.4 Å². The standard InChI is InChI=1S/C12H11ClN2O3/c1-6-7(8-5-15-18-12(8)14)4-9(13)11-10(6)16-2-3-17-11/h4-5H,2-3,14H2,1H3. The van der Waals surface area contributed by atoms with Crippen LogP contribution in [-0.2, 0) is 0 Å². The number of ether oxygens (including phenoxy) is 2. The quantitative estimate of drug-likeness (QED) is 0.859. The monoisotopic (exact) mass is 266 g/mol. The molecule has 1 aromatic heterocycles. The van der Waals surface area contributed by atoms with Crippen LogP contribution in [0.15, 0.2) is 16.8 Å². The van der Waals surface area contributed by atoms with Gasteiger partial charge in [0.2, 0.25) is 5.88 Å². The highest BCUT2D eigenvalue weighted by molar-refractivity contribution is 6.32. The number of fused-ring (bicyclic) bond motifs is 1. The van der Waals surface area contributed by atoms with E-state index in [9.17, 15) is 0 Å². The molecule has 0 saturated heterocycles. The molecule has 0 saturated carbocycles. The zero-order valence-electron chi connectivity index (χ0n) is 9.70. The lowest BCUT2D eigenvalue weighted by atomic mass is 10.0. The Morgan fingerprint density at radius 3 is 2.61 bits per heavy atom. The lowest BCUT2D eigenvalue weighted by molar-refractivity contribution is 0.170. The van der Waals surface area contributed by atoms with Crippen molar-refractivity contribution in [1.82, 2.24) is 5.16 Å². The molecule has 0 spiro atoms. The van der Waals surface area contributed by atoms with Gasteiger partial charge in [0.05, 0.1) is 16.8 Å². The van der Waals surface area contributed by atoms with Crippen LogP contribution >= 0.6 is 11.6 Å². The molecule has 0 radical (unpaired) electrons. The SMILES string of the molecule is Cc1c(-c2cnoc2N)cc(Cl)c2c1OCCO2. The lowest BCUT2D eigenvalue weighted by Gasteiger charge is -2.22. The average Bonchev–Trinajstić information content (AvgIpc) is 2.80. The number of nitrogens with two attached hydrogens (primary N) is 1. The van der Waals surface area contributed by atoms with Crippen LogP contribution in [0, 0.1) is 6.92 Å². The number of aromatic nitrogens is 1. The molecular weight excluding hydrogens is 256 g/mol. The summed E-state index contributed by atoms with van der Waals surface area (Å²) in [4.78, 5) is 0. The fourth-order valence-corrected chi connectivity index (χ4v) is 2.28. The van der Waals surface area contributed by atoms with E-state index in [2.05, 4.69) is 5.16 Å². The van der Waals surface area contributed by atoms with Crippen LogP contribution in [0.3, 0.4) is 0 Å². The third kappa shape index (κ3) is 1.59. The van der Waals surface area contributed by atoms with Gasteiger partial charge in [0, 0.05) is 5.56 Å². The summed E-state index contributed by atoms with van der Waals surface area (Å²) in [6, 6.07) is 1.79. The van der Waals surface area contributed by atoms with E-state index >= 15 is 0 Å². The number of hydrogen-bond acceptors (Lipinski definition) is 5. The molecule has 0 atom stereocenters. The van der Waals surface area contributed by atoms with Crippen LogP contribution in [0.5, 0.6) is 11.5 Å². The first-order chi connectivity index (χ1) is 8.68. The molecule has 0 unspecified atom stereocenters. The summed E-state index contributed by atoms with van der Waals surface area (Å²) < 4.78 is 16.0. The van der Waals surface area contributed by atoms with Crippen molar-refractivity contribution in [1.29, 1.82) is 0 Å². The van der Waals surface area contributed by atoms with Crippen molar-refractivity contribution in [2.45, 2.75) is 6.92 Å². The molecule has 6 heteroatoms. The van der Waals surface area contributed by atoms with Gasteiger partial charge in [-0.25, -0.2) is 0 Å². The zero-order chi connectivity index (χ0) is 12.7. The van der Waals surface area contributed by atoms with E-state index in [4.69, 9.17) is 31.3 Å². The van der Waals surface area contributed by atoms with Gasteiger partial charge in [0.15, 0.2) is 11.5 Å². The first-order valence-electron chi connectivity index (χ1n) is 5.47. The first kappa shape index (κ1) is 11.2. The average molecular weight is 267 g/mol. The Morgan fingerprint density at radius 1 is 1.22 bits per heavy atom. The minimum Gasteiger partial charge on any atom is -0.486 e. The van der Waals surface area contributed by atoms with Crippen LogP contribution in [0.4, 0.5) is 5.88 Å². The van der Waals surface area contributed by atoms with E-state index in [0.29, 0.717) is 35.3 Å². The molecule has 1 aliphatic heterocycles. The van der Waals surface area contributed by atoms with Gasteiger partial charge < -0.3 is 19.7 Å². The third-order valence-corrected chi connectivity index (χ3v) is 3.18. The topological polar surface area (TPSA) is 70.5 Å². The Labute approximate surface area is 108 Å². The van der Waals surface area contributed by atoms with Crippen molar-refractivity contribution in [2.75, 3.05) is 18.9 Å². The molecule has 0 bridgehead atoms. The summed E-state index contributed by atoms with van der Waals surface area (Å²) >= 11 is 6.19. The molecule has 5 nitrogen and oxygen atoms in total. The minimum atomic E-state index is 0.255. The summed E-state index contributed by atoms with van der Waals surface area (Å²) in [7, 11) is 0. The van der Waals surface area contributed by atoms with Crippen LogP contribution in [0.2, 0.25) is 5.02 Å². The number of anilines is 1. The van der Waals surface area contributed by atoms with Gasteiger partial charge in [-0.3, -0.25) is 0 Å². The van der Waals surface area contributed by atoms with Gasteiger partial charge in [-0.2, -0.15) is 0 Å². The molecule has 0 fully saturated rings. The van der Waals surface area contributed by atoms with Crippen molar-refractivity contribution in [2.24, 2.45) is 0 Å². The highest BCUT2D eigenvalue weighted by Gasteiger charge is 2.23.